The van der Waals surface area contributed by atoms with Gasteiger partial charge >= 0.3 is 0 Å². The molecule has 0 unspecified atom stereocenters. The average Bonchev–Trinajstić information content (AvgIpc) is 2.40. The first-order chi connectivity index (χ1) is 9.83. The van der Waals surface area contributed by atoms with Gasteiger partial charge < -0.3 is 5.73 Å². The predicted octanol–water partition coefficient (Wildman–Crippen LogP) is 2.70. The van der Waals surface area contributed by atoms with E-state index in [9.17, 15) is 12.8 Å². The molecular formula is C15H17FN2O2S. The van der Waals surface area contributed by atoms with Crippen LogP contribution < -0.4 is 10.5 Å². The SMILES string of the molecule is Cc1ccc(S(=O)(=O)Nc2ccc(CN)cc2F)c(C)c1. The summed E-state index contributed by atoms with van der Waals surface area (Å²) < 4.78 is 40.8. The summed E-state index contributed by atoms with van der Waals surface area (Å²) in [6.45, 7) is 3.78. The highest BCUT2D eigenvalue weighted by Gasteiger charge is 2.18. The summed E-state index contributed by atoms with van der Waals surface area (Å²) in [5, 5.41) is 0. The molecule has 2 rings (SSSR count). The third-order valence-electron chi connectivity index (χ3n) is 3.13. The van der Waals surface area contributed by atoms with E-state index in [0.29, 0.717) is 11.1 Å². The van der Waals surface area contributed by atoms with Crippen LogP contribution in [0.5, 0.6) is 0 Å². The highest BCUT2D eigenvalue weighted by Crippen LogP contribution is 2.22. The van der Waals surface area contributed by atoms with Crippen LogP contribution >= 0.6 is 0 Å². The van der Waals surface area contributed by atoms with Crippen LogP contribution in [0, 0.1) is 19.7 Å². The van der Waals surface area contributed by atoms with Crippen LogP contribution in [0.3, 0.4) is 0 Å². The number of hydrogen-bond acceptors (Lipinski definition) is 3. The highest BCUT2D eigenvalue weighted by atomic mass is 32.2. The molecule has 0 saturated heterocycles. The molecule has 3 N–H and O–H groups in total. The number of rotatable bonds is 4. The van der Waals surface area contributed by atoms with Gasteiger partial charge in [0.1, 0.15) is 5.82 Å². The van der Waals surface area contributed by atoms with Crippen molar-refractivity contribution < 1.29 is 12.8 Å². The average molecular weight is 308 g/mol. The molecule has 0 aliphatic heterocycles. The van der Waals surface area contributed by atoms with E-state index in [1.165, 1.54) is 18.2 Å². The second kappa shape index (κ2) is 5.83. The van der Waals surface area contributed by atoms with Crippen LogP contribution in [0.15, 0.2) is 41.3 Å². The normalized spacial score (nSPS) is 11.4. The van der Waals surface area contributed by atoms with Gasteiger partial charge in [0.05, 0.1) is 10.6 Å². The molecule has 0 aliphatic rings. The maximum Gasteiger partial charge on any atom is 0.262 e. The van der Waals surface area contributed by atoms with Crippen LogP contribution in [0.4, 0.5) is 10.1 Å². The van der Waals surface area contributed by atoms with Crippen LogP contribution in [-0.2, 0) is 16.6 Å². The Balaban J connectivity index is 2.37. The number of aryl methyl sites for hydroxylation is 2. The van der Waals surface area contributed by atoms with Crippen molar-refractivity contribution in [1.29, 1.82) is 0 Å². The van der Waals surface area contributed by atoms with E-state index in [2.05, 4.69) is 4.72 Å². The van der Waals surface area contributed by atoms with E-state index in [-0.39, 0.29) is 17.1 Å². The molecule has 21 heavy (non-hydrogen) atoms. The zero-order valence-corrected chi connectivity index (χ0v) is 12.7. The second-order valence-electron chi connectivity index (χ2n) is 4.89. The van der Waals surface area contributed by atoms with Gasteiger partial charge in [0.15, 0.2) is 0 Å². The predicted molar refractivity (Wildman–Crippen MR) is 81.0 cm³/mol. The minimum absolute atomic E-state index is 0.0906. The fraction of sp³-hybridized carbons (Fsp3) is 0.200. The lowest BCUT2D eigenvalue weighted by Gasteiger charge is -2.12. The standard InChI is InChI=1S/C15H17FN2O2S/c1-10-3-6-15(11(2)7-10)21(19,20)18-14-5-4-12(9-17)8-13(14)16/h3-8,18H,9,17H2,1-2H3. The van der Waals surface area contributed by atoms with Gasteiger partial charge in [-0.25, -0.2) is 12.8 Å². The molecule has 2 aromatic carbocycles. The summed E-state index contributed by atoms with van der Waals surface area (Å²) in [5.74, 6) is -0.647. The van der Waals surface area contributed by atoms with E-state index in [1.54, 1.807) is 25.1 Å². The second-order valence-corrected chi connectivity index (χ2v) is 6.54. The zero-order valence-electron chi connectivity index (χ0n) is 11.9. The fourth-order valence-corrected chi connectivity index (χ4v) is 3.36. The van der Waals surface area contributed by atoms with Crippen LogP contribution in [-0.4, -0.2) is 8.42 Å². The Hall–Kier alpha value is -1.92. The van der Waals surface area contributed by atoms with Gasteiger partial charge in [-0.1, -0.05) is 23.8 Å². The van der Waals surface area contributed by atoms with E-state index < -0.39 is 15.8 Å². The summed E-state index contributed by atoms with van der Waals surface area (Å²) in [6.07, 6.45) is 0. The molecule has 4 nitrogen and oxygen atoms in total. The molecule has 0 saturated carbocycles. The summed E-state index contributed by atoms with van der Waals surface area (Å²) in [4.78, 5) is 0.135. The Morgan fingerprint density at radius 2 is 1.86 bits per heavy atom. The monoisotopic (exact) mass is 308 g/mol. The van der Waals surface area contributed by atoms with Crippen molar-refractivity contribution in [3.8, 4) is 0 Å². The minimum atomic E-state index is -3.82. The number of benzene rings is 2. The van der Waals surface area contributed by atoms with Crippen molar-refractivity contribution in [3.05, 3.63) is 58.9 Å². The molecule has 0 spiro atoms. The van der Waals surface area contributed by atoms with Crippen molar-refractivity contribution in [2.75, 3.05) is 4.72 Å². The molecule has 0 aliphatic carbocycles. The molecule has 6 heteroatoms. The van der Waals surface area contributed by atoms with Crippen molar-refractivity contribution >= 4 is 15.7 Å². The van der Waals surface area contributed by atoms with Gasteiger partial charge in [0, 0.05) is 6.54 Å². The summed E-state index contributed by atoms with van der Waals surface area (Å²) >= 11 is 0. The van der Waals surface area contributed by atoms with E-state index >= 15 is 0 Å². The largest absolute Gasteiger partial charge is 0.326 e. The molecule has 0 aromatic heterocycles. The lowest BCUT2D eigenvalue weighted by molar-refractivity contribution is 0.598. The molecule has 0 fully saturated rings. The van der Waals surface area contributed by atoms with Crippen molar-refractivity contribution in [2.24, 2.45) is 5.73 Å². The Bertz CT molecular complexity index is 773. The molecule has 0 amide bonds. The summed E-state index contributed by atoms with van der Waals surface area (Å²) in [6, 6.07) is 9.17. The topological polar surface area (TPSA) is 72.2 Å². The number of anilines is 1. The first kappa shape index (κ1) is 15.5. The van der Waals surface area contributed by atoms with Crippen LogP contribution in [0.2, 0.25) is 0 Å². The third-order valence-corrected chi connectivity index (χ3v) is 4.66. The maximum absolute atomic E-state index is 13.9. The number of nitrogens with two attached hydrogens (primary N) is 1. The molecule has 0 heterocycles. The Morgan fingerprint density at radius 1 is 1.14 bits per heavy atom. The van der Waals surface area contributed by atoms with Gasteiger partial charge in [-0.15, -0.1) is 0 Å². The van der Waals surface area contributed by atoms with Gasteiger partial charge in [-0.3, -0.25) is 4.72 Å². The molecule has 0 atom stereocenters. The van der Waals surface area contributed by atoms with E-state index in [1.807, 2.05) is 6.92 Å². The number of halogens is 1. The summed E-state index contributed by atoms with van der Waals surface area (Å²) in [5.41, 5.74) is 7.50. The lowest BCUT2D eigenvalue weighted by atomic mass is 10.2. The van der Waals surface area contributed by atoms with Crippen molar-refractivity contribution in [3.63, 3.8) is 0 Å². The Morgan fingerprint density at radius 3 is 2.43 bits per heavy atom. The maximum atomic E-state index is 13.9. The van der Waals surface area contributed by atoms with Crippen LogP contribution in [0.25, 0.3) is 0 Å². The molecule has 2 aromatic rings. The van der Waals surface area contributed by atoms with Gasteiger partial charge in [0.2, 0.25) is 0 Å². The zero-order chi connectivity index (χ0) is 15.6. The Kier molecular flexibility index (Phi) is 4.29. The highest BCUT2D eigenvalue weighted by molar-refractivity contribution is 7.92. The first-order valence-electron chi connectivity index (χ1n) is 6.42. The van der Waals surface area contributed by atoms with Gasteiger partial charge in [0.25, 0.3) is 10.0 Å². The quantitative estimate of drug-likeness (QED) is 0.912. The van der Waals surface area contributed by atoms with Crippen molar-refractivity contribution in [2.45, 2.75) is 25.3 Å². The third kappa shape index (κ3) is 3.40. The van der Waals surface area contributed by atoms with Crippen molar-refractivity contribution in [1.82, 2.24) is 0 Å². The molecule has 0 radical (unpaired) electrons. The molecule has 0 bridgehead atoms. The molecule has 112 valence electrons. The van der Waals surface area contributed by atoms with Crippen LogP contribution in [0.1, 0.15) is 16.7 Å². The van der Waals surface area contributed by atoms with Gasteiger partial charge in [-0.2, -0.15) is 0 Å². The summed E-state index contributed by atoms with van der Waals surface area (Å²) in [7, 11) is -3.82. The first-order valence-corrected chi connectivity index (χ1v) is 7.90. The minimum Gasteiger partial charge on any atom is -0.326 e. The molecular weight excluding hydrogens is 291 g/mol. The number of sulfonamides is 1. The smallest absolute Gasteiger partial charge is 0.262 e. The lowest BCUT2D eigenvalue weighted by Crippen LogP contribution is -2.15. The van der Waals surface area contributed by atoms with E-state index in [4.69, 9.17) is 5.73 Å². The number of hydrogen-bond donors (Lipinski definition) is 2. The number of nitrogens with one attached hydrogen (secondary N) is 1. The van der Waals surface area contributed by atoms with E-state index in [0.717, 1.165) is 5.56 Å². The van der Waals surface area contributed by atoms with Gasteiger partial charge in [-0.05, 0) is 43.2 Å². The fourth-order valence-electron chi connectivity index (χ4n) is 2.07. The Labute approximate surface area is 123 Å².